The number of hydrogen-bond donors (Lipinski definition) is 2. The van der Waals surface area contributed by atoms with Crippen LogP contribution in [0.2, 0.25) is 0 Å². The number of anilines is 3. The summed E-state index contributed by atoms with van der Waals surface area (Å²) in [4.78, 5) is 8.92. The van der Waals surface area contributed by atoms with Gasteiger partial charge in [0.25, 0.3) is 0 Å². The number of halogens is 1. The molecule has 1 aromatic carbocycles. The molecule has 0 spiro atoms. The Balaban J connectivity index is 2.43. The van der Waals surface area contributed by atoms with Gasteiger partial charge in [0.05, 0.1) is 0 Å². The van der Waals surface area contributed by atoms with E-state index in [-0.39, 0.29) is 5.41 Å². The molecule has 5 heteroatoms. The molecule has 0 atom stereocenters. The zero-order chi connectivity index (χ0) is 15.8. The van der Waals surface area contributed by atoms with Crippen LogP contribution in [0.15, 0.2) is 22.7 Å². The molecule has 0 unspecified atom stereocenters. The van der Waals surface area contributed by atoms with Gasteiger partial charge in [-0.1, -0.05) is 36.7 Å². The summed E-state index contributed by atoms with van der Waals surface area (Å²) in [6.07, 6.45) is 0. The van der Waals surface area contributed by atoms with Crippen molar-refractivity contribution < 1.29 is 0 Å². The molecule has 0 amide bonds. The molecule has 0 bridgehead atoms. The van der Waals surface area contributed by atoms with Crippen molar-refractivity contribution in [2.75, 3.05) is 11.1 Å². The predicted molar refractivity (Wildman–Crippen MR) is 92.0 cm³/mol. The zero-order valence-electron chi connectivity index (χ0n) is 13.1. The quantitative estimate of drug-likeness (QED) is 0.839. The SMILES string of the molecule is Cc1cc(Br)cc(C)c1Nc1cc(N)nc(C(C)(C)C)n1. The van der Waals surface area contributed by atoms with E-state index >= 15 is 0 Å². The molecule has 0 saturated carbocycles. The first kappa shape index (κ1) is 15.8. The number of nitrogens with one attached hydrogen (secondary N) is 1. The smallest absolute Gasteiger partial charge is 0.138 e. The molecule has 0 aliphatic heterocycles. The highest BCUT2D eigenvalue weighted by Gasteiger charge is 2.19. The lowest BCUT2D eigenvalue weighted by molar-refractivity contribution is 0.547. The van der Waals surface area contributed by atoms with Crippen molar-refractivity contribution in [2.45, 2.75) is 40.0 Å². The number of nitrogens with zero attached hydrogens (tertiary/aromatic N) is 2. The minimum absolute atomic E-state index is 0.143. The third-order valence-corrected chi connectivity index (χ3v) is 3.63. The highest BCUT2D eigenvalue weighted by molar-refractivity contribution is 9.10. The van der Waals surface area contributed by atoms with Crippen LogP contribution >= 0.6 is 15.9 Å². The first-order valence-electron chi connectivity index (χ1n) is 6.85. The first-order chi connectivity index (χ1) is 9.66. The highest BCUT2D eigenvalue weighted by Crippen LogP contribution is 2.29. The van der Waals surface area contributed by atoms with E-state index in [2.05, 4.69) is 78.0 Å². The number of hydrogen-bond acceptors (Lipinski definition) is 4. The molecular formula is C16H21BrN4. The lowest BCUT2D eigenvalue weighted by Gasteiger charge is -2.19. The van der Waals surface area contributed by atoms with Crippen LogP contribution in [0.5, 0.6) is 0 Å². The molecule has 0 radical (unpaired) electrons. The van der Waals surface area contributed by atoms with E-state index in [0.717, 1.165) is 32.9 Å². The van der Waals surface area contributed by atoms with Crippen molar-refractivity contribution in [3.05, 3.63) is 39.6 Å². The van der Waals surface area contributed by atoms with Gasteiger partial charge in [-0.15, -0.1) is 0 Å². The Kier molecular flexibility index (Phi) is 4.23. The van der Waals surface area contributed by atoms with Crippen LogP contribution in [0.4, 0.5) is 17.3 Å². The number of aromatic nitrogens is 2. The molecule has 0 aliphatic carbocycles. The molecule has 1 heterocycles. The van der Waals surface area contributed by atoms with Crippen molar-refractivity contribution in [3.63, 3.8) is 0 Å². The molecule has 112 valence electrons. The molecule has 4 nitrogen and oxygen atoms in total. The number of aryl methyl sites for hydroxylation is 2. The van der Waals surface area contributed by atoms with E-state index in [4.69, 9.17) is 5.73 Å². The van der Waals surface area contributed by atoms with E-state index < -0.39 is 0 Å². The van der Waals surface area contributed by atoms with E-state index in [9.17, 15) is 0 Å². The van der Waals surface area contributed by atoms with Crippen LogP contribution in [-0.4, -0.2) is 9.97 Å². The summed E-state index contributed by atoms with van der Waals surface area (Å²) in [5.41, 5.74) is 9.12. The van der Waals surface area contributed by atoms with Crippen molar-refractivity contribution in [2.24, 2.45) is 0 Å². The molecule has 2 aromatic rings. The maximum absolute atomic E-state index is 5.91. The van der Waals surface area contributed by atoms with E-state index in [1.54, 1.807) is 6.07 Å². The maximum atomic E-state index is 5.91. The summed E-state index contributed by atoms with van der Waals surface area (Å²) in [5, 5.41) is 3.37. The van der Waals surface area contributed by atoms with Crippen molar-refractivity contribution in [1.82, 2.24) is 9.97 Å². The molecule has 0 aliphatic rings. The second-order valence-corrected chi connectivity index (χ2v) is 7.21. The fourth-order valence-electron chi connectivity index (χ4n) is 2.10. The fraction of sp³-hybridized carbons (Fsp3) is 0.375. The van der Waals surface area contributed by atoms with Gasteiger partial charge in [-0.3, -0.25) is 0 Å². The van der Waals surface area contributed by atoms with Gasteiger partial charge >= 0.3 is 0 Å². The van der Waals surface area contributed by atoms with E-state index in [0.29, 0.717) is 5.82 Å². The zero-order valence-corrected chi connectivity index (χ0v) is 14.7. The summed E-state index contributed by atoms with van der Waals surface area (Å²) in [6.45, 7) is 10.3. The molecule has 3 N–H and O–H groups in total. The summed E-state index contributed by atoms with van der Waals surface area (Å²) < 4.78 is 1.07. The fourth-order valence-corrected chi connectivity index (χ4v) is 2.79. The number of nitrogen functional groups attached to an aromatic ring is 1. The third kappa shape index (κ3) is 3.73. The Labute approximate surface area is 134 Å². The number of nitrogens with two attached hydrogens (primary N) is 1. The Bertz CT molecular complexity index is 651. The second-order valence-electron chi connectivity index (χ2n) is 6.29. The monoisotopic (exact) mass is 348 g/mol. The van der Waals surface area contributed by atoms with Gasteiger partial charge in [0.1, 0.15) is 17.5 Å². The maximum Gasteiger partial charge on any atom is 0.138 e. The Morgan fingerprint density at radius 2 is 1.62 bits per heavy atom. The van der Waals surface area contributed by atoms with Crippen molar-refractivity contribution >= 4 is 33.3 Å². The van der Waals surface area contributed by atoms with E-state index in [1.165, 1.54) is 0 Å². The van der Waals surface area contributed by atoms with Crippen molar-refractivity contribution in [3.8, 4) is 0 Å². The Hall–Kier alpha value is -1.62. The van der Waals surface area contributed by atoms with Gasteiger partial charge in [0.15, 0.2) is 0 Å². The molecule has 0 fully saturated rings. The second kappa shape index (κ2) is 5.64. The predicted octanol–water partition coefficient (Wildman–Crippen LogP) is 4.48. The lowest BCUT2D eigenvalue weighted by atomic mass is 9.96. The Morgan fingerprint density at radius 1 is 1.05 bits per heavy atom. The van der Waals surface area contributed by atoms with Crippen LogP contribution in [0.3, 0.4) is 0 Å². The topological polar surface area (TPSA) is 63.8 Å². The van der Waals surface area contributed by atoms with Crippen LogP contribution in [0, 0.1) is 13.8 Å². The van der Waals surface area contributed by atoms with Gasteiger partial charge in [0.2, 0.25) is 0 Å². The van der Waals surface area contributed by atoms with Gasteiger partial charge in [-0.25, -0.2) is 9.97 Å². The van der Waals surface area contributed by atoms with Crippen LogP contribution in [0.1, 0.15) is 37.7 Å². The van der Waals surface area contributed by atoms with Crippen LogP contribution in [-0.2, 0) is 5.41 Å². The van der Waals surface area contributed by atoms with Gasteiger partial charge in [-0.2, -0.15) is 0 Å². The first-order valence-corrected chi connectivity index (χ1v) is 7.65. The Morgan fingerprint density at radius 3 is 2.14 bits per heavy atom. The van der Waals surface area contributed by atoms with Gasteiger partial charge in [-0.05, 0) is 37.1 Å². The standard InChI is InChI=1S/C16H21BrN4/c1-9-6-11(17)7-10(2)14(9)20-13-8-12(18)19-15(21-13)16(3,4)5/h6-8H,1-5H3,(H3,18,19,20,21). The van der Waals surface area contributed by atoms with Crippen LogP contribution < -0.4 is 11.1 Å². The highest BCUT2D eigenvalue weighted by atomic mass is 79.9. The molecule has 0 saturated heterocycles. The van der Waals surface area contributed by atoms with Gasteiger partial charge in [0, 0.05) is 21.6 Å². The molecular weight excluding hydrogens is 328 g/mol. The molecule has 2 rings (SSSR count). The average molecular weight is 349 g/mol. The minimum atomic E-state index is -0.143. The number of benzene rings is 1. The van der Waals surface area contributed by atoms with Crippen molar-refractivity contribution in [1.29, 1.82) is 0 Å². The minimum Gasteiger partial charge on any atom is -0.384 e. The molecule has 1 aromatic heterocycles. The lowest BCUT2D eigenvalue weighted by Crippen LogP contribution is -2.17. The molecule has 21 heavy (non-hydrogen) atoms. The van der Waals surface area contributed by atoms with E-state index in [1.807, 2.05) is 0 Å². The summed E-state index contributed by atoms with van der Waals surface area (Å²) in [6, 6.07) is 5.91. The van der Waals surface area contributed by atoms with Gasteiger partial charge < -0.3 is 11.1 Å². The average Bonchev–Trinajstić information content (AvgIpc) is 2.32. The number of rotatable bonds is 2. The summed E-state index contributed by atoms with van der Waals surface area (Å²) >= 11 is 3.51. The summed E-state index contributed by atoms with van der Waals surface area (Å²) in [7, 11) is 0. The van der Waals surface area contributed by atoms with Crippen LogP contribution in [0.25, 0.3) is 0 Å². The largest absolute Gasteiger partial charge is 0.384 e. The third-order valence-electron chi connectivity index (χ3n) is 3.17. The summed E-state index contributed by atoms with van der Waals surface area (Å²) in [5.74, 6) is 1.93. The normalized spacial score (nSPS) is 11.5.